The number of benzene rings is 3. The number of aromatic nitrogens is 1. The van der Waals surface area contributed by atoms with E-state index in [1.54, 1.807) is 48.7 Å². The Hall–Kier alpha value is -4.43. The fourth-order valence-electron chi connectivity index (χ4n) is 5.98. The van der Waals surface area contributed by atoms with Crippen molar-refractivity contribution in [3.63, 3.8) is 0 Å². The van der Waals surface area contributed by atoms with Crippen LogP contribution in [0.25, 0.3) is 10.9 Å². The summed E-state index contributed by atoms with van der Waals surface area (Å²) in [6, 6.07) is 20.2. The average molecular weight is 496 g/mol. The number of H-pyrrole nitrogens is 1. The van der Waals surface area contributed by atoms with Crippen LogP contribution in [0.15, 0.2) is 79.0 Å². The number of imide groups is 1. The van der Waals surface area contributed by atoms with Crippen LogP contribution in [0.1, 0.15) is 22.7 Å². The van der Waals surface area contributed by atoms with Gasteiger partial charge in [0, 0.05) is 35.1 Å². The van der Waals surface area contributed by atoms with E-state index in [2.05, 4.69) is 10.3 Å². The molecule has 2 fully saturated rings. The van der Waals surface area contributed by atoms with E-state index in [0.29, 0.717) is 11.3 Å². The lowest BCUT2D eigenvalue weighted by Gasteiger charge is -2.31. The van der Waals surface area contributed by atoms with Crippen LogP contribution in [0.4, 0.5) is 5.69 Å². The molecule has 8 heteroatoms. The number of nitrogens with one attached hydrogen (secondary N) is 2. The molecule has 186 valence electrons. The zero-order valence-corrected chi connectivity index (χ0v) is 20.0. The molecule has 4 aromatic rings. The highest BCUT2D eigenvalue weighted by Gasteiger charge is 2.69. The van der Waals surface area contributed by atoms with Crippen LogP contribution >= 0.6 is 0 Å². The molecule has 6 rings (SSSR count). The number of aryl methyl sites for hydroxylation is 1. The highest BCUT2D eigenvalue weighted by molar-refractivity contribution is 6.24. The molecule has 0 aliphatic carbocycles. The van der Waals surface area contributed by atoms with Crippen molar-refractivity contribution in [1.29, 1.82) is 0 Å². The minimum absolute atomic E-state index is 0.0294. The summed E-state index contributed by atoms with van der Waals surface area (Å²) in [5, 5.41) is 25.4. The van der Waals surface area contributed by atoms with Crippen molar-refractivity contribution in [1.82, 2.24) is 10.3 Å². The van der Waals surface area contributed by atoms with Gasteiger partial charge >= 0.3 is 5.97 Å². The van der Waals surface area contributed by atoms with Gasteiger partial charge in [-0.25, -0.2) is 4.90 Å². The Morgan fingerprint density at radius 2 is 1.68 bits per heavy atom. The fourth-order valence-corrected chi connectivity index (χ4v) is 5.98. The molecule has 37 heavy (non-hydrogen) atoms. The number of carbonyl (C=O) groups is 3. The first kappa shape index (κ1) is 23.0. The number of fused-ring (bicyclic) bond motifs is 2. The van der Waals surface area contributed by atoms with Gasteiger partial charge in [-0.3, -0.25) is 19.7 Å². The first-order chi connectivity index (χ1) is 17.8. The van der Waals surface area contributed by atoms with Crippen molar-refractivity contribution in [2.24, 2.45) is 11.8 Å². The van der Waals surface area contributed by atoms with Gasteiger partial charge in [0.25, 0.3) is 0 Å². The number of phenolic OH excluding ortho intramolecular Hbond substituents is 1. The Labute approximate surface area is 212 Å². The third-order valence-corrected chi connectivity index (χ3v) is 7.74. The average Bonchev–Trinajstić information content (AvgIpc) is 3.53. The highest BCUT2D eigenvalue weighted by Crippen LogP contribution is 2.52. The first-order valence-electron chi connectivity index (χ1n) is 12.1. The van der Waals surface area contributed by atoms with E-state index in [1.807, 2.05) is 31.2 Å². The van der Waals surface area contributed by atoms with Gasteiger partial charge in [0.1, 0.15) is 11.3 Å². The summed E-state index contributed by atoms with van der Waals surface area (Å²) < 4.78 is 0. The highest BCUT2D eigenvalue weighted by atomic mass is 16.4. The molecule has 3 heterocycles. The van der Waals surface area contributed by atoms with Gasteiger partial charge in [0.15, 0.2) is 0 Å². The fraction of sp³-hybridized carbons (Fsp3) is 0.207. The molecule has 2 amide bonds. The second-order valence-corrected chi connectivity index (χ2v) is 9.84. The Morgan fingerprint density at radius 1 is 0.973 bits per heavy atom. The number of carboxylic acids is 1. The molecular formula is C29H25N3O5. The molecule has 4 N–H and O–H groups in total. The van der Waals surface area contributed by atoms with Crippen LogP contribution in [-0.2, 0) is 20.8 Å². The molecule has 4 atom stereocenters. The molecule has 1 aromatic heterocycles. The van der Waals surface area contributed by atoms with Crippen LogP contribution in [-0.4, -0.2) is 38.5 Å². The number of aromatic amines is 1. The summed E-state index contributed by atoms with van der Waals surface area (Å²) in [6.07, 6.45) is 1.72. The molecule has 0 bridgehead atoms. The van der Waals surface area contributed by atoms with Crippen molar-refractivity contribution in [2.75, 3.05) is 4.90 Å². The molecule has 0 saturated carbocycles. The van der Waals surface area contributed by atoms with Crippen molar-refractivity contribution in [3.8, 4) is 5.75 Å². The SMILES string of the molecule is Cc1ccc(N2C(=O)[C@H]3[C@@H](C2=O)[C@@](Cc2c[nH]c4ccccc24)(C(=O)O)N[C@H]3c2ccccc2O)cc1. The Morgan fingerprint density at radius 3 is 2.41 bits per heavy atom. The first-order valence-corrected chi connectivity index (χ1v) is 12.1. The zero-order chi connectivity index (χ0) is 25.9. The van der Waals surface area contributed by atoms with Gasteiger partial charge in [-0.2, -0.15) is 0 Å². The van der Waals surface area contributed by atoms with Crippen LogP contribution in [0, 0.1) is 18.8 Å². The predicted octanol–water partition coefficient (Wildman–Crippen LogP) is 3.70. The molecular weight excluding hydrogens is 470 g/mol. The van der Waals surface area contributed by atoms with Gasteiger partial charge in [-0.05, 0) is 36.8 Å². The number of phenols is 1. The molecule has 0 spiro atoms. The number of carbonyl (C=O) groups excluding carboxylic acids is 2. The summed E-state index contributed by atoms with van der Waals surface area (Å²) in [5.74, 6) is -4.53. The number of para-hydroxylation sites is 2. The van der Waals surface area contributed by atoms with Gasteiger partial charge in [-0.15, -0.1) is 0 Å². The number of carboxylic acid groups (broad SMARTS) is 1. The van der Waals surface area contributed by atoms with Crippen LogP contribution in [0.3, 0.4) is 0 Å². The molecule has 3 aromatic carbocycles. The van der Waals surface area contributed by atoms with E-state index in [4.69, 9.17) is 0 Å². The van der Waals surface area contributed by atoms with E-state index >= 15 is 0 Å². The summed E-state index contributed by atoms with van der Waals surface area (Å²) in [6.45, 7) is 1.90. The normalized spacial score (nSPS) is 25.1. The van der Waals surface area contributed by atoms with Gasteiger partial charge < -0.3 is 15.2 Å². The number of anilines is 1. The van der Waals surface area contributed by atoms with Gasteiger partial charge in [0.05, 0.1) is 17.5 Å². The van der Waals surface area contributed by atoms with E-state index in [9.17, 15) is 24.6 Å². The van der Waals surface area contributed by atoms with Crippen molar-refractivity contribution < 1.29 is 24.6 Å². The summed E-state index contributed by atoms with van der Waals surface area (Å²) in [5.41, 5.74) is 1.53. The number of hydrogen-bond donors (Lipinski definition) is 4. The maximum Gasteiger partial charge on any atom is 0.325 e. The molecule has 2 saturated heterocycles. The standard InChI is InChI=1S/C29H25N3O5/c1-16-10-12-18(13-11-16)32-26(34)23-24(27(32)35)29(28(36)37,31-25(23)20-7-3-5-9-22(20)33)14-17-15-30-21-8-4-2-6-19(17)21/h2-13,15,23-25,30-31,33H,14H2,1H3,(H,36,37)/t23-,24-,25-,29-/m0/s1. The van der Waals surface area contributed by atoms with E-state index in [-0.39, 0.29) is 12.2 Å². The molecule has 2 aliphatic heterocycles. The predicted molar refractivity (Wildman–Crippen MR) is 137 cm³/mol. The Bertz CT molecular complexity index is 1560. The van der Waals surface area contributed by atoms with Crippen molar-refractivity contribution in [2.45, 2.75) is 24.9 Å². The van der Waals surface area contributed by atoms with Crippen molar-refractivity contribution in [3.05, 3.63) is 95.7 Å². The Balaban J connectivity index is 1.52. The van der Waals surface area contributed by atoms with Gasteiger partial charge in [0.2, 0.25) is 11.8 Å². The smallest absolute Gasteiger partial charge is 0.325 e. The number of amides is 2. The van der Waals surface area contributed by atoms with Gasteiger partial charge in [-0.1, -0.05) is 54.1 Å². The lowest BCUT2D eigenvalue weighted by Crippen LogP contribution is -2.57. The maximum atomic E-state index is 14.0. The summed E-state index contributed by atoms with van der Waals surface area (Å²) in [7, 11) is 0. The minimum atomic E-state index is -1.78. The van der Waals surface area contributed by atoms with Crippen molar-refractivity contribution >= 4 is 34.4 Å². The van der Waals surface area contributed by atoms with E-state index < -0.39 is 41.2 Å². The second kappa shape index (κ2) is 8.31. The topological polar surface area (TPSA) is 123 Å². The maximum absolute atomic E-state index is 14.0. The molecule has 8 nitrogen and oxygen atoms in total. The molecule has 2 aliphatic rings. The van der Waals surface area contributed by atoms with E-state index in [0.717, 1.165) is 26.9 Å². The quantitative estimate of drug-likeness (QED) is 0.313. The third kappa shape index (κ3) is 3.37. The number of aliphatic carboxylic acids is 1. The minimum Gasteiger partial charge on any atom is -0.508 e. The number of rotatable bonds is 5. The zero-order valence-electron chi connectivity index (χ0n) is 20.0. The lowest BCUT2D eigenvalue weighted by molar-refractivity contribution is -0.148. The Kier molecular flexibility index (Phi) is 5.17. The van der Waals surface area contributed by atoms with Crippen LogP contribution in [0.5, 0.6) is 5.75 Å². The van der Waals surface area contributed by atoms with Crippen LogP contribution < -0.4 is 10.2 Å². The molecule has 0 unspecified atom stereocenters. The molecule has 0 radical (unpaired) electrons. The number of nitrogens with zero attached hydrogens (tertiary/aromatic N) is 1. The third-order valence-electron chi connectivity index (χ3n) is 7.74. The second-order valence-electron chi connectivity index (χ2n) is 9.84. The van der Waals surface area contributed by atoms with Crippen LogP contribution in [0.2, 0.25) is 0 Å². The van der Waals surface area contributed by atoms with E-state index in [1.165, 1.54) is 6.07 Å². The summed E-state index contributed by atoms with van der Waals surface area (Å²) >= 11 is 0. The number of aromatic hydroxyl groups is 1. The monoisotopic (exact) mass is 495 g/mol. The number of hydrogen-bond acceptors (Lipinski definition) is 5. The largest absolute Gasteiger partial charge is 0.508 e. The summed E-state index contributed by atoms with van der Waals surface area (Å²) in [4.78, 5) is 45.3. The lowest BCUT2D eigenvalue weighted by atomic mass is 9.76.